The molecule has 156 valence electrons. The molecular formula is C22H26O7. The van der Waals surface area contributed by atoms with Crippen LogP contribution in [0.15, 0.2) is 48.5 Å². The lowest BCUT2D eigenvalue weighted by atomic mass is 9.96. The number of rotatable bonds is 6. The summed E-state index contributed by atoms with van der Waals surface area (Å²) < 4.78 is 16.4. The molecule has 0 saturated carbocycles. The van der Waals surface area contributed by atoms with Crippen molar-refractivity contribution in [2.75, 3.05) is 6.61 Å². The number of aliphatic hydroxyl groups excluding tert-OH is 3. The van der Waals surface area contributed by atoms with Gasteiger partial charge < -0.3 is 29.5 Å². The van der Waals surface area contributed by atoms with Gasteiger partial charge in [-0.1, -0.05) is 30.3 Å². The van der Waals surface area contributed by atoms with Gasteiger partial charge in [0.1, 0.15) is 43.4 Å². The molecule has 5 atom stereocenters. The van der Waals surface area contributed by atoms with E-state index >= 15 is 0 Å². The van der Waals surface area contributed by atoms with E-state index in [4.69, 9.17) is 14.2 Å². The molecule has 29 heavy (non-hydrogen) atoms. The quantitative estimate of drug-likeness (QED) is 0.630. The van der Waals surface area contributed by atoms with Crippen LogP contribution in [-0.2, 0) is 16.1 Å². The number of carbonyl (C=O) groups excluding carboxylic acids is 1. The van der Waals surface area contributed by atoms with Gasteiger partial charge in [0.25, 0.3) is 0 Å². The van der Waals surface area contributed by atoms with E-state index < -0.39 is 36.5 Å². The van der Waals surface area contributed by atoms with Crippen molar-refractivity contribution in [3.8, 4) is 5.75 Å². The molecule has 2 aromatic rings. The van der Waals surface area contributed by atoms with Crippen molar-refractivity contribution in [1.82, 2.24) is 0 Å². The Kier molecular flexibility index (Phi) is 6.87. The molecule has 1 fully saturated rings. The predicted molar refractivity (Wildman–Crippen MR) is 105 cm³/mol. The van der Waals surface area contributed by atoms with Crippen molar-refractivity contribution >= 4 is 5.97 Å². The van der Waals surface area contributed by atoms with Crippen LogP contribution in [0, 0.1) is 6.92 Å². The highest BCUT2D eigenvalue weighted by molar-refractivity contribution is 5.91. The van der Waals surface area contributed by atoms with E-state index in [2.05, 4.69) is 0 Å². The van der Waals surface area contributed by atoms with Crippen LogP contribution in [0.5, 0.6) is 5.75 Å². The van der Waals surface area contributed by atoms with Gasteiger partial charge in [-0.3, -0.25) is 0 Å². The third kappa shape index (κ3) is 5.13. The highest BCUT2D eigenvalue weighted by Crippen LogP contribution is 2.23. The van der Waals surface area contributed by atoms with E-state index in [0.29, 0.717) is 23.5 Å². The number of aliphatic hydroxyl groups is 3. The molecule has 0 radical (unpaired) electrons. The molecule has 0 aromatic heterocycles. The molecule has 1 aliphatic rings. The first-order chi connectivity index (χ1) is 13.9. The Morgan fingerprint density at radius 1 is 1.03 bits per heavy atom. The molecular weight excluding hydrogens is 376 g/mol. The predicted octanol–water partition coefficient (Wildman–Crippen LogP) is 1.60. The lowest BCUT2D eigenvalue weighted by Gasteiger charge is -2.38. The summed E-state index contributed by atoms with van der Waals surface area (Å²) in [4.78, 5) is 12.4. The number of esters is 1. The van der Waals surface area contributed by atoms with Crippen molar-refractivity contribution in [2.45, 2.75) is 51.0 Å². The third-order valence-corrected chi connectivity index (χ3v) is 5.00. The van der Waals surface area contributed by atoms with Crippen LogP contribution in [0.4, 0.5) is 0 Å². The zero-order valence-electron chi connectivity index (χ0n) is 16.4. The zero-order chi connectivity index (χ0) is 21.0. The second kappa shape index (κ2) is 9.37. The van der Waals surface area contributed by atoms with Gasteiger partial charge in [0.2, 0.25) is 0 Å². The van der Waals surface area contributed by atoms with E-state index in [0.717, 1.165) is 5.56 Å². The average molecular weight is 402 g/mol. The van der Waals surface area contributed by atoms with Gasteiger partial charge in [-0.05, 0) is 43.2 Å². The number of carbonyl (C=O) groups is 1. The monoisotopic (exact) mass is 402 g/mol. The second-order valence-electron chi connectivity index (χ2n) is 7.20. The molecule has 0 bridgehead atoms. The smallest absolute Gasteiger partial charge is 0.338 e. The minimum Gasteiger partial charge on any atom is -0.489 e. The number of hydrogen-bond donors (Lipinski definition) is 3. The Bertz CT molecular complexity index is 823. The molecule has 1 heterocycles. The van der Waals surface area contributed by atoms with Crippen LogP contribution in [0.2, 0.25) is 0 Å². The van der Waals surface area contributed by atoms with Crippen LogP contribution in [0.3, 0.4) is 0 Å². The zero-order valence-corrected chi connectivity index (χ0v) is 16.4. The summed E-state index contributed by atoms with van der Waals surface area (Å²) in [6.45, 7) is 3.54. The summed E-state index contributed by atoms with van der Waals surface area (Å²) in [6.07, 6.45) is -5.49. The van der Waals surface area contributed by atoms with Crippen LogP contribution >= 0.6 is 0 Å². The number of ether oxygens (including phenoxy) is 3. The molecule has 1 aliphatic heterocycles. The lowest BCUT2D eigenvalue weighted by molar-refractivity contribution is -0.224. The molecule has 0 spiro atoms. The van der Waals surface area contributed by atoms with Crippen LogP contribution < -0.4 is 4.74 Å². The molecule has 1 unspecified atom stereocenters. The molecule has 0 aliphatic carbocycles. The standard InChI is InChI=1S/C22H26O7/c1-13-10-16(27-11-15-6-4-3-5-7-15)8-9-17(13)22(26)28-12-18-20(24)21(25)19(23)14(2)29-18/h3-10,14,18-21,23-25H,11-12H2,1-2H3/t14?,18-,19+,20-,21-/m1/s1. The van der Waals surface area contributed by atoms with Crippen molar-refractivity contribution in [3.63, 3.8) is 0 Å². The maximum Gasteiger partial charge on any atom is 0.338 e. The Balaban J connectivity index is 1.57. The minimum absolute atomic E-state index is 0.236. The summed E-state index contributed by atoms with van der Waals surface area (Å²) >= 11 is 0. The van der Waals surface area contributed by atoms with Crippen molar-refractivity contribution in [2.24, 2.45) is 0 Å². The van der Waals surface area contributed by atoms with Gasteiger partial charge in [0, 0.05) is 0 Å². The highest BCUT2D eigenvalue weighted by Gasteiger charge is 2.42. The fourth-order valence-corrected chi connectivity index (χ4v) is 3.21. The molecule has 1 saturated heterocycles. The first kappa shape index (κ1) is 21.3. The second-order valence-corrected chi connectivity index (χ2v) is 7.20. The Labute approximate surface area is 169 Å². The molecule has 7 heteroatoms. The van der Waals surface area contributed by atoms with Crippen molar-refractivity contribution in [3.05, 3.63) is 65.2 Å². The summed E-state index contributed by atoms with van der Waals surface area (Å²) in [5, 5.41) is 29.6. The highest BCUT2D eigenvalue weighted by atomic mass is 16.6. The first-order valence-corrected chi connectivity index (χ1v) is 9.51. The Morgan fingerprint density at radius 2 is 1.76 bits per heavy atom. The van der Waals surface area contributed by atoms with E-state index in [-0.39, 0.29) is 6.61 Å². The molecule has 2 aromatic carbocycles. The normalized spacial score (nSPS) is 26.7. The van der Waals surface area contributed by atoms with E-state index in [1.165, 1.54) is 0 Å². The number of benzene rings is 2. The lowest BCUT2D eigenvalue weighted by Crippen LogP contribution is -2.57. The maximum absolute atomic E-state index is 12.4. The van der Waals surface area contributed by atoms with Crippen LogP contribution in [-0.4, -0.2) is 58.4 Å². The SMILES string of the molecule is Cc1cc(OCc2ccccc2)ccc1C(=O)OC[C@H]1OC(C)[C@H](O)[C@@H](O)[C@@H]1O. The molecule has 7 nitrogen and oxygen atoms in total. The summed E-state index contributed by atoms with van der Waals surface area (Å²) in [6, 6.07) is 14.8. The fraction of sp³-hybridized carbons (Fsp3) is 0.409. The summed E-state index contributed by atoms with van der Waals surface area (Å²) in [5.41, 5.74) is 2.10. The molecule has 0 amide bonds. The van der Waals surface area contributed by atoms with Crippen molar-refractivity contribution < 1.29 is 34.3 Å². The van der Waals surface area contributed by atoms with E-state index in [9.17, 15) is 20.1 Å². The van der Waals surface area contributed by atoms with Gasteiger partial charge in [-0.2, -0.15) is 0 Å². The first-order valence-electron chi connectivity index (χ1n) is 9.51. The maximum atomic E-state index is 12.4. The molecule has 3 rings (SSSR count). The molecule has 3 N–H and O–H groups in total. The number of aryl methyl sites for hydroxylation is 1. The average Bonchev–Trinajstić information content (AvgIpc) is 2.73. The van der Waals surface area contributed by atoms with Crippen LogP contribution in [0.1, 0.15) is 28.4 Å². The summed E-state index contributed by atoms with van der Waals surface area (Å²) in [7, 11) is 0. The fourth-order valence-electron chi connectivity index (χ4n) is 3.21. The minimum atomic E-state index is -1.36. The van der Waals surface area contributed by atoms with Crippen LogP contribution in [0.25, 0.3) is 0 Å². The Morgan fingerprint density at radius 3 is 2.45 bits per heavy atom. The van der Waals surface area contributed by atoms with Gasteiger partial charge in [0.15, 0.2) is 0 Å². The summed E-state index contributed by atoms with van der Waals surface area (Å²) in [5.74, 6) is 0.0704. The Hall–Kier alpha value is -2.45. The third-order valence-electron chi connectivity index (χ3n) is 5.00. The van der Waals surface area contributed by atoms with E-state index in [1.54, 1.807) is 32.0 Å². The largest absolute Gasteiger partial charge is 0.489 e. The van der Waals surface area contributed by atoms with E-state index in [1.807, 2.05) is 30.3 Å². The topological polar surface area (TPSA) is 105 Å². The number of hydrogen-bond acceptors (Lipinski definition) is 7. The van der Waals surface area contributed by atoms with Gasteiger partial charge in [0.05, 0.1) is 11.7 Å². The van der Waals surface area contributed by atoms with Gasteiger partial charge >= 0.3 is 5.97 Å². The van der Waals surface area contributed by atoms with Gasteiger partial charge in [-0.15, -0.1) is 0 Å². The van der Waals surface area contributed by atoms with Crippen molar-refractivity contribution in [1.29, 1.82) is 0 Å². The van der Waals surface area contributed by atoms with Gasteiger partial charge in [-0.25, -0.2) is 4.79 Å².